The maximum absolute atomic E-state index is 13.4. The zero-order valence-electron chi connectivity index (χ0n) is 15.7. The average molecular weight is 472 g/mol. The summed E-state index contributed by atoms with van der Waals surface area (Å²) in [6, 6.07) is 8.10. The Morgan fingerprint density at radius 3 is 2.58 bits per heavy atom. The highest BCUT2D eigenvalue weighted by molar-refractivity contribution is 8.00. The molecule has 2 N–H and O–H groups in total. The summed E-state index contributed by atoms with van der Waals surface area (Å²) in [5, 5.41) is 9.60. The van der Waals surface area contributed by atoms with Crippen molar-refractivity contribution in [3.63, 3.8) is 0 Å². The maximum Gasteiger partial charge on any atom is 0.417 e. The lowest BCUT2D eigenvalue weighted by Gasteiger charge is -2.32. The van der Waals surface area contributed by atoms with Gasteiger partial charge in [0.25, 0.3) is 0 Å². The Balaban J connectivity index is 1.65. The Morgan fingerprint density at radius 1 is 1.19 bits per heavy atom. The Kier molecular flexibility index (Phi) is 5.56. The Morgan fingerprint density at radius 2 is 1.90 bits per heavy atom. The molecule has 2 aromatic carbocycles. The van der Waals surface area contributed by atoms with Crippen LogP contribution in [0.15, 0.2) is 47.6 Å². The van der Waals surface area contributed by atoms with Gasteiger partial charge in [-0.3, -0.25) is 4.79 Å². The standard InChI is InChI=1S/C19H14ClF4N5OS/c1-9-26-27-18-29(9)28-15(10-2-4-11(21)5-3-10)16(31-18)17(30)25-12-6-7-14(20)13(8-12)19(22,23)24/h2-8,15-16,28H,1H3,(H,25,30)/t15-,16-/m1/s1. The number of nitrogens with zero attached hydrogens (tertiary/aromatic N) is 3. The van der Waals surface area contributed by atoms with Gasteiger partial charge in [-0.2, -0.15) is 13.2 Å². The van der Waals surface area contributed by atoms with E-state index in [-0.39, 0.29) is 5.69 Å². The second-order valence-electron chi connectivity index (χ2n) is 6.74. The summed E-state index contributed by atoms with van der Waals surface area (Å²) in [6.07, 6.45) is -4.66. The normalized spacial score (nSPS) is 18.3. The lowest BCUT2D eigenvalue weighted by atomic mass is 10.0. The molecule has 1 aromatic heterocycles. The molecule has 1 amide bonds. The second kappa shape index (κ2) is 8.04. The first-order valence-corrected chi connectivity index (χ1v) is 10.2. The molecule has 0 bridgehead atoms. The van der Waals surface area contributed by atoms with Crippen LogP contribution in [-0.2, 0) is 11.0 Å². The first-order chi connectivity index (χ1) is 14.6. The van der Waals surface area contributed by atoms with Crippen molar-refractivity contribution >= 4 is 35.0 Å². The lowest BCUT2D eigenvalue weighted by Crippen LogP contribution is -2.41. The van der Waals surface area contributed by atoms with Crippen LogP contribution in [0.4, 0.5) is 23.2 Å². The van der Waals surface area contributed by atoms with Crippen LogP contribution in [0.3, 0.4) is 0 Å². The van der Waals surface area contributed by atoms with Crippen molar-refractivity contribution < 1.29 is 22.4 Å². The fourth-order valence-corrected chi connectivity index (χ4v) is 4.46. The molecule has 2 atom stereocenters. The number of hydrogen-bond donors (Lipinski definition) is 2. The van der Waals surface area contributed by atoms with Gasteiger partial charge in [0.05, 0.1) is 16.6 Å². The monoisotopic (exact) mass is 471 g/mol. The van der Waals surface area contributed by atoms with Gasteiger partial charge in [0, 0.05) is 5.69 Å². The second-order valence-corrected chi connectivity index (χ2v) is 8.26. The molecule has 2 heterocycles. The maximum atomic E-state index is 13.4. The molecule has 0 fully saturated rings. The SMILES string of the molecule is Cc1nnc2n1N[C@H](c1ccc(F)cc1)[C@H](C(=O)Nc1ccc(Cl)c(C(F)(F)F)c1)S2. The molecular weight excluding hydrogens is 458 g/mol. The van der Waals surface area contributed by atoms with Gasteiger partial charge in [-0.25, -0.2) is 9.07 Å². The van der Waals surface area contributed by atoms with E-state index >= 15 is 0 Å². The third-order valence-electron chi connectivity index (χ3n) is 4.63. The van der Waals surface area contributed by atoms with Crippen molar-refractivity contribution in [1.29, 1.82) is 0 Å². The van der Waals surface area contributed by atoms with E-state index in [9.17, 15) is 22.4 Å². The molecule has 6 nitrogen and oxygen atoms in total. The van der Waals surface area contributed by atoms with Gasteiger partial charge in [-0.1, -0.05) is 35.5 Å². The highest BCUT2D eigenvalue weighted by atomic mass is 35.5. The predicted octanol–water partition coefficient (Wildman–Crippen LogP) is 4.80. The van der Waals surface area contributed by atoms with Crippen LogP contribution in [0.2, 0.25) is 5.02 Å². The number of carbonyl (C=O) groups is 1. The summed E-state index contributed by atoms with van der Waals surface area (Å²) in [4.78, 5) is 13.1. The number of benzene rings is 2. The summed E-state index contributed by atoms with van der Waals surface area (Å²) in [5.74, 6) is -0.439. The Labute approximate surface area is 183 Å². The number of thioether (sulfide) groups is 1. The molecule has 12 heteroatoms. The largest absolute Gasteiger partial charge is 0.417 e. The summed E-state index contributed by atoms with van der Waals surface area (Å²) in [5.41, 5.74) is 2.64. The molecule has 0 saturated carbocycles. The van der Waals surface area contributed by atoms with Crippen molar-refractivity contribution in [3.8, 4) is 0 Å². The summed E-state index contributed by atoms with van der Waals surface area (Å²) < 4.78 is 54.4. The van der Waals surface area contributed by atoms with Gasteiger partial charge in [-0.15, -0.1) is 10.2 Å². The average Bonchev–Trinajstić information content (AvgIpc) is 3.08. The van der Waals surface area contributed by atoms with E-state index in [1.54, 1.807) is 11.6 Å². The Hall–Kier alpha value is -2.79. The number of amides is 1. The Bertz CT molecular complexity index is 1140. The van der Waals surface area contributed by atoms with E-state index in [1.807, 2.05) is 0 Å². The first kappa shape index (κ1) is 21.4. The zero-order chi connectivity index (χ0) is 22.3. The van der Waals surface area contributed by atoms with E-state index in [2.05, 4.69) is 20.9 Å². The third-order valence-corrected chi connectivity index (χ3v) is 6.17. The van der Waals surface area contributed by atoms with Crippen molar-refractivity contribution in [2.24, 2.45) is 0 Å². The topological polar surface area (TPSA) is 71.8 Å². The van der Waals surface area contributed by atoms with Gasteiger partial charge in [0.15, 0.2) is 0 Å². The van der Waals surface area contributed by atoms with E-state index < -0.39 is 39.8 Å². The highest BCUT2D eigenvalue weighted by Crippen LogP contribution is 2.39. The van der Waals surface area contributed by atoms with Crippen LogP contribution in [-0.4, -0.2) is 26.0 Å². The number of anilines is 1. The molecule has 31 heavy (non-hydrogen) atoms. The fourth-order valence-electron chi connectivity index (χ4n) is 3.11. The number of rotatable bonds is 3. The molecular formula is C19H14ClF4N5OS. The number of aromatic nitrogens is 3. The number of alkyl halides is 3. The number of hydrogen-bond acceptors (Lipinski definition) is 5. The van der Waals surface area contributed by atoms with Crippen LogP contribution in [0.25, 0.3) is 0 Å². The molecule has 0 radical (unpaired) electrons. The molecule has 1 aliphatic rings. The van der Waals surface area contributed by atoms with Gasteiger partial charge < -0.3 is 10.7 Å². The number of carbonyl (C=O) groups excluding carboxylic acids is 1. The summed E-state index contributed by atoms with van der Waals surface area (Å²) in [6.45, 7) is 1.72. The van der Waals surface area contributed by atoms with Crippen molar-refractivity contribution in [2.75, 3.05) is 10.7 Å². The van der Waals surface area contributed by atoms with Gasteiger partial charge >= 0.3 is 6.18 Å². The van der Waals surface area contributed by atoms with E-state index in [1.165, 1.54) is 30.3 Å². The number of aryl methyl sites for hydroxylation is 1. The number of nitrogens with one attached hydrogen (secondary N) is 2. The van der Waals surface area contributed by atoms with Gasteiger partial charge in [-0.05, 0) is 42.8 Å². The first-order valence-electron chi connectivity index (χ1n) is 8.92. The van der Waals surface area contributed by atoms with E-state index in [0.717, 1.165) is 23.9 Å². The molecule has 0 spiro atoms. The molecule has 0 aliphatic carbocycles. The molecule has 3 aromatic rings. The number of fused-ring (bicyclic) bond motifs is 1. The van der Waals surface area contributed by atoms with E-state index in [4.69, 9.17) is 11.6 Å². The van der Waals surface area contributed by atoms with Gasteiger partial charge in [0.1, 0.15) is 16.9 Å². The van der Waals surface area contributed by atoms with Crippen LogP contribution in [0.5, 0.6) is 0 Å². The number of halogens is 5. The zero-order valence-corrected chi connectivity index (χ0v) is 17.3. The summed E-state index contributed by atoms with van der Waals surface area (Å²) >= 11 is 6.74. The minimum absolute atomic E-state index is 0.0524. The van der Waals surface area contributed by atoms with Crippen molar-refractivity contribution in [3.05, 3.63) is 70.3 Å². The predicted molar refractivity (Wildman–Crippen MR) is 108 cm³/mol. The van der Waals surface area contributed by atoms with Crippen LogP contribution >= 0.6 is 23.4 Å². The molecule has 1 aliphatic heterocycles. The van der Waals surface area contributed by atoms with E-state index in [0.29, 0.717) is 16.5 Å². The van der Waals surface area contributed by atoms with Crippen LogP contribution in [0.1, 0.15) is 23.0 Å². The summed E-state index contributed by atoms with van der Waals surface area (Å²) in [7, 11) is 0. The minimum Gasteiger partial charge on any atom is -0.325 e. The molecule has 0 unspecified atom stereocenters. The quantitative estimate of drug-likeness (QED) is 0.537. The van der Waals surface area contributed by atoms with Crippen LogP contribution < -0.4 is 10.7 Å². The highest BCUT2D eigenvalue weighted by Gasteiger charge is 2.38. The van der Waals surface area contributed by atoms with Crippen molar-refractivity contribution in [1.82, 2.24) is 14.9 Å². The van der Waals surface area contributed by atoms with Crippen LogP contribution in [0, 0.1) is 12.7 Å². The fraction of sp³-hybridized carbons (Fsp3) is 0.211. The molecule has 4 rings (SSSR count). The van der Waals surface area contributed by atoms with Crippen molar-refractivity contribution in [2.45, 2.75) is 29.5 Å². The smallest absolute Gasteiger partial charge is 0.325 e. The lowest BCUT2D eigenvalue weighted by molar-refractivity contribution is -0.137. The molecule has 162 valence electrons. The minimum atomic E-state index is -4.66. The van der Waals surface area contributed by atoms with Gasteiger partial charge in [0.2, 0.25) is 11.1 Å². The molecule has 0 saturated heterocycles. The third kappa shape index (κ3) is 4.33.